The van der Waals surface area contributed by atoms with E-state index >= 15 is 0 Å². The van der Waals surface area contributed by atoms with Crippen molar-refractivity contribution < 1.29 is 23.9 Å². The molecule has 3 amide bonds. The highest BCUT2D eigenvalue weighted by molar-refractivity contribution is 5.99. The third kappa shape index (κ3) is 11.4. The molecule has 304 valence electrons. The minimum Gasteiger partial charge on any atom is -0.383 e. The Hall–Kier alpha value is -5.76. The van der Waals surface area contributed by atoms with E-state index in [0.717, 1.165) is 46.0 Å². The normalized spacial score (nSPS) is 13.2. The number of aromatic amines is 1. The summed E-state index contributed by atoms with van der Waals surface area (Å²) in [6.45, 7) is 5.78. The van der Waals surface area contributed by atoms with Crippen LogP contribution in [0, 0.1) is 0 Å². The van der Waals surface area contributed by atoms with Gasteiger partial charge in [-0.15, -0.1) is 0 Å². The molecule has 5 heterocycles. The van der Waals surface area contributed by atoms with Gasteiger partial charge in [-0.2, -0.15) is 5.10 Å². The zero-order valence-corrected chi connectivity index (χ0v) is 32.4. The lowest BCUT2D eigenvalue weighted by molar-refractivity contribution is -0.133. The molecule has 0 spiro atoms. The Morgan fingerprint density at radius 2 is 1.67 bits per heavy atom. The van der Waals surface area contributed by atoms with Crippen molar-refractivity contribution >= 4 is 51.4 Å². The summed E-state index contributed by atoms with van der Waals surface area (Å²) in [5.41, 5.74) is 16.2. The van der Waals surface area contributed by atoms with Gasteiger partial charge >= 0.3 is 0 Å². The Kier molecular flexibility index (Phi) is 14.6. The highest BCUT2D eigenvalue weighted by Gasteiger charge is 2.24. The molecule has 0 atom stereocenters. The molecule has 1 aliphatic heterocycles. The number of benzene rings is 1. The maximum absolute atomic E-state index is 12.8. The molecule has 1 fully saturated rings. The number of H-pyrrole nitrogens is 1. The van der Waals surface area contributed by atoms with Crippen molar-refractivity contribution in [3.63, 3.8) is 0 Å². The number of nitrogen functional groups attached to an aromatic ring is 1. The molecule has 57 heavy (non-hydrogen) atoms. The maximum Gasteiger partial charge on any atom is 0.236 e. The summed E-state index contributed by atoms with van der Waals surface area (Å²) in [4.78, 5) is 63.6. The van der Waals surface area contributed by atoms with E-state index in [4.69, 9.17) is 26.0 Å². The number of rotatable bonds is 21. The fraction of sp³-hybridized carbons (Fsp3) is 0.474. The van der Waals surface area contributed by atoms with Crippen molar-refractivity contribution in [2.45, 2.75) is 32.4 Å². The summed E-state index contributed by atoms with van der Waals surface area (Å²) in [5.74, 6) is 0.715. The summed E-state index contributed by atoms with van der Waals surface area (Å²) < 4.78 is 12.9. The van der Waals surface area contributed by atoms with E-state index in [9.17, 15) is 14.4 Å². The number of hydrogen-bond donors (Lipinski definition) is 5. The molecule has 0 saturated carbocycles. The highest BCUT2D eigenvalue weighted by Crippen LogP contribution is 2.32. The number of piperazine rings is 1. The second kappa shape index (κ2) is 20.4. The molecule has 0 aliphatic carbocycles. The molecular weight excluding hydrogens is 733 g/mol. The first kappa shape index (κ1) is 40.9. The number of likely N-dealkylation sites (N-methyl/N-ethyl adjacent to an activating group) is 1. The van der Waals surface area contributed by atoms with Crippen LogP contribution >= 0.6 is 0 Å². The second-order valence-corrected chi connectivity index (χ2v) is 13.8. The number of nitrogens with two attached hydrogens (primary N) is 2. The van der Waals surface area contributed by atoms with Crippen molar-refractivity contribution in [2.75, 3.05) is 96.5 Å². The van der Waals surface area contributed by atoms with E-state index < -0.39 is 0 Å². The SMILES string of the molecule is CN(CC(=O)NCCOCCOCCC(=O)NCCCCn1nc(-c2ccc3[nH]ccc3c2)c2c(N)ncnc21)CC(=O)N1CCN(c2ncc(CN)cn2)CC1. The summed E-state index contributed by atoms with van der Waals surface area (Å²) in [6.07, 6.45) is 8.58. The monoisotopic (exact) mass is 784 g/mol. The zero-order chi connectivity index (χ0) is 40.0. The minimum atomic E-state index is -0.190. The number of nitrogens with zero attached hydrogens (tertiary/aromatic N) is 9. The van der Waals surface area contributed by atoms with Crippen LogP contribution in [-0.2, 0) is 36.9 Å². The molecule has 0 bridgehead atoms. The predicted molar refractivity (Wildman–Crippen MR) is 215 cm³/mol. The van der Waals surface area contributed by atoms with Crippen LogP contribution in [0.3, 0.4) is 0 Å². The number of fused-ring (bicyclic) bond motifs is 2. The lowest BCUT2D eigenvalue weighted by Gasteiger charge is -2.35. The summed E-state index contributed by atoms with van der Waals surface area (Å²) in [7, 11) is 1.74. The van der Waals surface area contributed by atoms with Crippen LogP contribution in [0.5, 0.6) is 0 Å². The first-order valence-electron chi connectivity index (χ1n) is 19.2. The van der Waals surface area contributed by atoms with Crippen LogP contribution in [0.1, 0.15) is 24.8 Å². The highest BCUT2D eigenvalue weighted by atomic mass is 16.5. The zero-order valence-electron chi connectivity index (χ0n) is 32.4. The van der Waals surface area contributed by atoms with Gasteiger partial charge in [0.15, 0.2) is 5.65 Å². The van der Waals surface area contributed by atoms with Crippen LogP contribution in [0.25, 0.3) is 33.2 Å². The van der Waals surface area contributed by atoms with Gasteiger partial charge in [-0.3, -0.25) is 19.3 Å². The molecule has 7 N–H and O–H groups in total. The number of nitrogens with one attached hydrogen (secondary N) is 3. The van der Waals surface area contributed by atoms with Gasteiger partial charge in [-0.05, 0) is 38.1 Å². The van der Waals surface area contributed by atoms with Gasteiger partial charge in [0.25, 0.3) is 0 Å². The van der Waals surface area contributed by atoms with E-state index in [1.807, 2.05) is 34.0 Å². The van der Waals surface area contributed by atoms with Crippen molar-refractivity contribution in [3.05, 3.63) is 54.7 Å². The Morgan fingerprint density at radius 3 is 2.46 bits per heavy atom. The van der Waals surface area contributed by atoms with Crippen LogP contribution in [-0.4, -0.2) is 148 Å². The average molecular weight is 785 g/mol. The van der Waals surface area contributed by atoms with Crippen LogP contribution in [0.2, 0.25) is 0 Å². The number of carbonyl (C=O) groups is 3. The average Bonchev–Trinajstić information content (AvgIpc) is 3.85. The van der Waals surface area contributed by atoms with Crippen molar-refractivity contribution in [2.24, 2.45) is 5.73 Å². The predicted octanol–water partition coefficient (Wildman–Crippen LogP) is 0.522. The Balaban J connectivity index is 0.763. The third-order valence-corrected chi connectivity index (χ3v) is 9.58. The summed E-state index contributed by atoms with van der Waals surface area (Å²) in [6, 6.07) is 8.11. The van der Waals surface area contributed by atoms with Gasteiger partial charge in [0.1, 0.15) is 17.8 Å². The Morgan fingerprint density at radius 1 is 0.895 bits per heavy atom. The van der Waals surface area contributed by atoms with Crippen molar-refractivity contribution in [1.82, 2.24) is 55.1 Å². The molecule has 1 aliphatic rings. The number of aryl methyl sites for hydroxylation is 1. The lowest BCUT2D eigenvalue weighted by Crippen LogP contribution is -2.52. The van der Waals surface area contributed by atoms with Crippen LogP contribution in [0.15, 0.2) is 49.2 Å². The van der Waals surface area contributed by atoms with Gasteiger partial charge in [0.2, 0.25) is 23.7 Å². The minimum absolute atomic E-state index is 0.0276. The molecule has 4 aromatic heterocycles. The van der Waals surface area contributed by atoms with Crippen LogP contribution in [0.4, 0.5) is 11.8 Å². The molecule has 5 aromatic rings. The molecular formula is C38H52N14O5. The first-order chi connectivity index (χ1) is 27.8. The van der Waals surface area contributed by atoms with E-state index in [2.05, 4.69) is 41.6 Å². The van der Waals surface area contributed by atoms with Gasteiger partial charge in [0.05, 0.1) is 44.9 Å². The van der Waals surface area contributed by atoms with Gasteiger partial charge < -0.3 is 46.4 Å². The molecule has 1 aromatic carbocycles. The maximum atomic E-state index is 12.8. The number of unbranched alkanes of at least 4 members (excludes halogenated alkanes) is 1. The molecule has 1 saturated heterocycles. The largest absolute Gasteiger partial charge is 0.383 e. The van der Waals surface area contributed by atoms with E-state index in [-0.39, 0.29) is 43.8 Å². The van der Waals surface area contributed by atoms with Crippen LogP contribution < -0.4 is 27.0 Å². The Labute approximate surface area is 330 Å². The van der Waals surface area contributed by atoms with Crippen molar-refractivity contribution in [3.8, 4) is 11.3 Å². The fourth-order valence-corrected chi connectivity index (χ4v) is 6.50. The summed E-state index contributed by atoms with van der Waals surface area (Å²) in [5, 5.41) is 12.4. The smallest absolute Gasteiger partial charge is 0.236 e. The number of hydrogen-bond acceptors (Lipinski definition) is 14. The van der Waals surface area contributed by atoms with E-state index in [1.165, 1.54) is 6.33 Å². The third-order valence-electron chi connectivity index (χ3n) is 9.58. The molecule has 0 unspecified atom stereocenters. The van der Waals surface area contributed by atoms with Gasteiger partial charge in [0, 0.05) is 99.4 Å². The topological polar surface area (TPSA) is 241 Å². The lowest BCUT2D eigenvalue weighted by atomic mass is 10.1. The fourth-order valence-electron chi connectivity index (χ4n) is 6.50. The first-order valence-corrected chi connectivity index (χ1v) is 19.2. The van der Waals surface area contributed by atoms with Gasteiger partial charge in [-0.25, -0.2) is 24.6 Å². The van der Waals surface area contributed by atoms with Gasteiger partial charge in [-0.1, -0.05) is 6.07 Å². The van der Waals surface area contributed by atoms with E-state index in [1.54, 1.807) is 29.2 Å². The summed E-state index contributed by atoms with van der Waals surface area (Å²) >= 11 is 0. The number of anilines is 2. The van der Waals surface area contributed by atoms with E-state index in [0.29, 0.717) is 89.6 Å². The second-order valence-electron chi connectivity index (χ2n) is 13.8. The molecule has 19 heteroatoms. The number of aromatic nitrogens is 7. The standard InChI is InChI=1S/C38H52N14O5/c1-49(25-33(55)50-12-14-51(15-13-50)38-44-22-27(21-39)23-45-38)24-32(54)43-10-17-57-19-18-56-16-7-31(53)42-8-2-3-11-52-37-34(36(40)46-26-47-37)35(48-52)29-4-5-30-28(20-29)6-9-41-30/h4-6,9,20,22-23,26,41H,2-3,7-8,10-19,21,24-25,39H2,1H3,(H,42,53)(H,43,54)(H2,40,46,47). The number of carbonyl (C=O) groups excluding carboxylic acids is 3. The van der Waals surface area contributed by atoms with Crippen molar-refractivity contribution in [1.29, 1.82) is 0 Å². The quantitative estimate of drug-likeness (QED) is 0.0638. The molecule has 0 radical (unpaired) electrons. The Bertz CT molecular complexity index is 2080. The number of amides is 3. The molecule has 19 nitrogen and oxygen atoms in total. The number of ether oxygens (including phenoxy) is 2. The molecule has 6 rings (SSSR count).